The Hall–Kier alpha value is -0.100. The van der Waals surface area contributed by atoms with Crippen LogP contribution in [0.1, 0.15) is 17.7 Å². The van der Waals surface area contributed by atoms with Gasteiger partial charge in [-0.1, -0.05) is 11.6 Å². The van der Waals surface area contributed by atoms with Crippen molar-refractivity contribution in [1.82, 2.24) is 4.90 Å². The van der Waals surface area contributed by atoms with Crippen LogP contribution in [-0.2, 0) is 11.3 Å². The van der Waals surface area contributed by atoms with E-state index in [2.05, 4.69) is 15.9 Å². The van der Waals surface area contributed by atoms with E-state index in [0.29, 0.717) is 6.54 Å². The van der Waals surface area contributed by atoms with Crippen LogP contribution in [0.5, 0.6) is 0 Å². The molecule has 1 aliphatic rings. The summed E-state index contributed by atoms with van der Waals surface area (Å²) in [4.78, 5) is 14.1. The van der Waals surface area contributed by atoms with E-state index >= 15 is 0 Å². The molecule has 1 fully saturated rings. The Kier molecular flexibility index (Phi) is 3.89. The quantitative estimate of drug-likeness (QED) is 0.928. The van der Waals surface area contributed by atoms with Crippen LogP contribution in [0.4, 0.5) is 0 Å². The van der Waals surface area contributed by atoms with Crippen LogP contribution in [0.15, 0.2) is 10.5 Å². The maximum absolute atomic E-state index is 11.0. The fraction of sp³-hybridized carbons (Fsp3) is 0.500. The highest BCUT2D eigenvalue weighted by Gasteiger charge is 2.30. The lowest BCUT2D eigenvalue weighted by molar-refractivity contribution is -0.142. The van der Waals surface area contributed by atoms with Crippen LogP contribution in [0, 0.1) is 0 Å². The molecule has 0 radical (unpaired) electrons. The Morgan fingerprint density at radius 3 is 3.06 bits per heavy atom. The normalized spacial score (nSPS) is 21.5. The fourth-order valence-electron chi connectivity index (χ4n) is 1.96. The predicted octanol–water partition coefficient (Wildman–Crippen LogP) is 3.21. The molecule has 1 unspecified atom stereocenters. The summed E-state index contributed by atoms with van der Waals surface area (Å²) in [7, 11) is 0. The standard InChI is InChI=1S/C10H11BrClNO2S/c11-7-4-6(16-9(7)12)5-13-3-1-2-8(13)10(14)15/h4,8H,1-3,5H2,(H,14,15). The summed E-state index contributed by atoms with van der Waals surface area (Å²) in [5.41, 5.74) is 0. The fourth-order valence-corrected chi connectivity index (χ4v) is 3.78. The molecule has 88 valence electrons. The second kappa shape index (κ2) is 5.04. The lowest BCUT2D eigenvalue weighted by atomic mass is 10.2. The van der Waals surface area contributed by atoms with Crippen molar-refractivity contribution in [2.24, 2.45) is 0 Å². The summed E-state index contributed by atoms with van der Waals surface area (Å²) in [5.74, 6) is -0.723. The molecule has 0 aromatic carbocycles. The van der Waals surface area contributed by atoms with E-state index in [1.54, 1.807) is 0 Å². The van der Waals surface area contributed by atoms with Gasteiger partial charge in [-0.15, -0.1) is 11.3 Å². The van der Waals surface area contributed by atoms with Gasteiger partial charge in [0.1, 0.15) is 10.4 Å². The van der Waals surface area contributed by atoms with Crippen molar-refractivity contribution in [3.05, 3.63) is 19.8 Å². The third-order valence-electron chi connectivity index (χ3n) is 2.70. The van der Waals surface area contributed by atoms with E-state index in [1.165, 1.54) is 11.3 Å². The monoisotopic (exact) mass is 323 g/mol. The molecule has 1 saturated heterocycles. The zero-order valence-electron chi connectivity index (χ0n) is 8.45. The van der Waals surface area contributed by atoms with Crippen molar-refractivity contribution < 1.29 is 9.90 Å². The van der Waals surface area contributed by atoms with E-state index < -0.39 is 5.97 Å². The van der Waals surface area contributed by atoms with Crippen LogP contribution in [0.3, 0.4) is 0 Å². The highest BCUT2D eigenvalue weighted by atomic mass is 79.9. The molecule has 6 heteroatoms. The second-order valence-corrected chi connectivity index (χ2v) is 6.39. The van der Waals surface area contributed by atoms with E-state index in [0.717, 1.165) is 33.1 Å². The average molecular weight is 325 g/mol. The van der Waals surface area contributed by atoms with Gasteiger partial charge in [0.25, 0.3) is 0 Å². The van der Waals surface area contributed by atoms with E-state index in [-0.39, 0.29) is 6.04 Å². The van der Waals surface area contributed by atoms with Gasteiger partial charge in [0.15, 0.2) is 0 Å². The molecular formula is C10H11BrClNO2S. The van der Waals surface area contributed by atoms with Crippen LogP contribution >= 0.6 is 38.9 Å². The molecule has 1 aromatic rings. The SMILES string of the molecule is O=C(O)C1CCCN1Cc1cc(Br)c(Cl)s1. The zero-order valence-corrected chi connectivity index (χ0v) is 11.6. The van der Waals surface area contributed by atoms with Gasteiger partial charge in [-0.25, -0.2) is 0 Å². The number of hydrogen-bond donors (Lipinski definition) is 1. The molecule has 0 bridgehead atoms. The highest BCUT2D eigenvalue weighted by Crippen LogP contribution is 2.33. The van der Waals surface area contributed by atoms with Crippen molar-refractivity contribution >= 4 is 44.8 Å². The highest BCUT2D eigenvalue weighted by molar-refractivity contribution is 9.10. The molecule has 2 heterocycles. The lowest BCUT2D eigenvalue weighted by Crippen LogP contribution is -2.35. The first kappa shape index (κ1) is 12.4. The number of likely N-dealkylation sites (tertiary alicyclic amines) is 1. The Morgan fingerprint density at radius 1 is 1.75 bits per heavy atom. The average Bonchev–Trinajstić information content (AvgIpc) is 2.75. The Labute approximate surface area is 111 Å². The molecule has 1 aliphatic heterocycles. The van der Waals surface area contributed by atoms with Crippen LogP contribution in [-0.4, -0.2) is 28.6 Å². The number of thiophene rings is 1. The van der Waals surface area contributed by atoms with Gasteiger partial charge in [0.05, 0.1) is 0 Å². The van der Waals surface area contributed by atoms with Gasteiger partial charge in [0, 0.05) is 15.9 Å². The van der Waals surface area contributed by atoms with Gasteiger partial charge in [0.2, 0.25) is 0 Å². The number of carboxylic acids is 1. The minimum atomic E-state index is -0.723. The molecule has 0 saturated carbocycles. The largest absolute Gasteiger partial charge is 0.480 e. The summed E-state index contributed by atoms with van der Waals surface area (Å²) >= 11 is 10.8. The number of hydrogen-bond acceptors (Lipinski definition) is 3. The van der Waals surface area contributed by atoms with Gasteiger partial charge >= 0.3 is 5.97 Å². The van der Waals surface area contributed by atoms with E-state index in [9.17, 15) is 4.79 Å². The maximum Gasteiger partial charge on any atom is 0.320 e. The first-order valence-corrected chi connectivity index (χ1v) is 6.97. The van der Waals surface area contributed by atoms with E-state index in [4.69, 9.17) is 16.7 Å². The second-order valence-electron chi connectivity index (χ2n) is 3.80. The molecule has 1 atom stereocenters. The minimum absolute atomic E-state index is 0.334. The van der Waals surface area contributed by atoms with Crippen molar-refractivity contribution in [2.45, 2.75) is 25.4 Å². The van der Waals surface area contributed by atoms with Crippen molar-refractivity contribution in [3.63, 3.8) is 0 Å². The minimum Gasteiger partial charge on any atom is -0.480 e. The summed E-state index contributed by atoms with van der Waals surface area (Å²) in [6.45, 7) is 1.52. The predicted molar refractivity (Wildman–Crippen MR) is 68.1 cm³/mol. The van der Waals surface area contributed by atoms with Crippen molar-refractivity contribution in [1.29, 1.82) is 0 Å². The molecule has 0 aliphatic carbocycles. The maximum atomic E-state index is 11.0. The number of carboxylic acid groups (broad SMARTS) is 1. The summed E-state index contributed by atoms with van der Waals surface area (Å²) < 4.78 is 1.61. The lowest BCUT2D eigenvalue weighted by Gasteiger charge is -2.19. The smallest absolute Gasteiger partial charge is 0.320 e. The Balaban J connectivity index is 2.06. The van der Waals surface area contributed by atoms with Gasteiger partial charge in [-0.05, 0) is 41.4 Å². The van der Waals surface area contributed by atoms with Crippen LogP contribution in [0.25, 0.3) is 0 Å². The topological polar surface area (TPSA) is 40.5 Å². The van der Waals surface area contributed by atoms with Crippen molar-refractivity contribution in [3.8, 4) is 0 Å². The summed E-state index contributed by atoms with van der Waals surface area (Å²) in [5, 5.41) is 9.05. The van der Waals surface area contributed by atoms with Crippen LogP contribution in [0.2, 0.25) is 4.34 Å². The van der Waals surface area contributed by atoms with Gasteiger partial charge in [-0.2, -0.15) is 0 Å². The molecule has 2 rings (SSSR count). The number of carbonyl (C=O) groups is 1. The number of nitrogens with zero attached hydrogens (tertiary/aromatic N) is 1. The molecule has 3 nitrogen and oxygen atoms in total. The van der Waals surface area contributed by atoms with Crippen LogP contribution < -0.4 is 0 Å². The number of halogens is 2. The number of aliphatic carboxylic acids is 1. The molecule has 0 spiro atoms. The molecule has 1 N–H and O–H groups in total. The molecular weight excluding hydrogens is 314 g/mol. The molecule has 16 heavy (non-hydrogen) atoms. The third-order valence-corrected chi connectivity index (χ3v) is 5.16. The van der Waals surface area contributed by atoms with Gasteiger partial charge < -0.3 is 5.11 Å². The first-order valence-electron chi connectivity index (χ1n) is 4.98. The zero-order chi connectivity index (χ0) is 11.7. The third kappa shape index (κ3) is 2.59. The molecule has 1 aromatic heterocycles. The summed E-state index contributed by atoms with van der Waals surface area (Å²) in [6, 6.07) is 1.63. The van der Waals surface area contributed by atoms with Crippen molar-refractivity contribution in [2.75, 3.05) is 6.54 Å². The van der Waals surface area contributed by atoms with Gasteiger partial charge in [-0.3, -0.25) is 9.69 Å². The first-order chi connectivity index (χ1) is 7.58. The Morgan fingerprint density at radius 2 is 2.50 bits per heavy atom. The number of rotatable bonds is 3. The summed E-state index contributed by atoms with van der Waals surface area (Å²) in [6.07, 6.45) is 1.70. The molecule has 0 amide bonds. The van der Waals surface area contributed by atoms with E-state index in [1.807, 2.05) is 11.0 Å². The Bertz CT molecular complexity index is 390.